The molecule has 0 spiro atoms. The number of furan rings is 1. The lowest BCUT2D eigenvalue weighted by atomic mass is 10.2. The summed E-state index contributed by atoms with van der Waals surface area (Å²) in [6.07, 6.45) is 4.34. The van der Waals surface area contributed by atoms with Crippen molar-refractivity contribution in [3.05, 3.63) is 95.7 Å². The van der Waals surface area contributed by atoms with Crippen molar-refractivity contribution in [1.29, 1.82) is 5.41 Å². The molecule has 13 heteroatoms. The van der Waals surface area contributed by atoms with Crippen molar-refractivity contribution < 1.29 is 17.9 Å². The van der Waals surface area contributed by atoms with Crippen LogP contribution in [0.1, 0.15) is 10.8 Å². The summed E-state index contributed by atoms with van der Waals surface area (Å²) in [4.78, 5) is 12.3. The molecule has 11 nitrogen and oxygen atoms in total. The van der Waals surface area contributed by atoms with Gasteiger partial charge in [-0.05, 0) is 54.6 Å². The number of hydrogen-bond acceptors (Lipinski definition) is 10. The number of rotatable bonds is 7. The topological polar surface area (TPSA) is 158 Å². The number of anilines is 1. The number of fused-ring (bicyclic) bond motifs is 1. The van der Waals surface area contributed by atoms with Crippen LogP contribution in [0.4, 0.5) is 5.95 Å². The predicted molar refractivity (Wildman–Crippen MR) is 148 cm³/mol. The summed E-state index contributed by atoms with van der Waals surface area (Å²) >= 11 is 1.41. The molecule has 39 heavy (non-hydrogen) atoms. The molecule has 4 heterocycles. The van der Waals surface area contributed by atoms with Gasteiger partial charge >= 0.3 is 0 Å². The first-order valence-electron chi connectivity index (χ1n) is 11.6. The van der Waals surface area contributed by atoms with Crippen LogP contribution in [-0.2, 0) is 10.0 Å². The Morgan fingerprint density at radius 1 is 1.05 bits per heavy atom. The first-order chi connectivity index (χ1) is 18.9. The molecule has 0 fully saturated rings. The number of hydrazone groups is 1. The molecule has 0 radical (unpaired) electrons. The molecule has 0 atom stereocenters. The molecular formula is C26H19N7O4S2. The maximum atomic E-state index is 12.6. The number of aliphatic hydroxyl groups is 1. The number of amidine groups is 1. The highest BCUT2D eigenvalue weighted by molar-refractivity contribution is 7.92. The van der Waals surface area contributed by atoms with E-state index in [2.05, 4.69) is 24.8 Å². The molecule has 6 rings (SSSR count). The molecule has 5 aromatic rings. The Morgan fingerprint density at radius 2 is 1.82 bits per heavy atom. The maximum Gasteiger partial charge on any atom is 0.264 e. The number of aromatic nitrogens is 3. The fourth-order valence-electron chi connectivity index (χ4n) is 3.90. The van der Waals surface area contributed by atoms with Gasteiger partial charge in [-0.3, -0.25) is 5.41 Å². The Balaban J connectivity index is 1.14. The lowest BCUT2D eigenvalue weighted by Crippen LogP contribution is -2.20. The molecule has 2 aromatic carbocycles. The van der Waals surface area contributed by atoms with Crippen molar-refractivity contribution in [2.45, 2.75) is 4.90 Å². The van der Waals surface area contributed by atoms with E-state index in [0.717, 1.165) is 10.2 Å². The highest BCUT2D eigenvalue weighted by atomic mass is 32.2. The zero-order chi connectivity index (χ0) is 27.0. The van der Waals surface area contributed by atoms with Gasteiger partial charge in [-0.25, -0.2) is 33.1 Å². The van der Waals surface area contributed by atoms with Crippen molar-refractivity contribution in [3.63, 3.8) is 0 Å². The molecule has 1 aliphatic heterocycles. The summed E-state index contributed by atoms with van der Waals surface area (Å²) in [6, 6.07) is 18.8. The quantitative estimate of drug-likeness (QED) is 0.242. The van der Waals surface area contributed by atoms with Gasteiger partial charge in [-0.1, -0.05) is 12.1 Å². The van der Waals surface area contributed by atoms with Gasteiger partial charge in [0, 0.05) is 18.0 Å². The van der Waals surface area contributed by atoms with Gasteiger partial charge in [0.05, 0.1) is 26.9 Å². The maximum absolute atomic E-state index is 12.6. The second-order valence-corrected chi connectivity index (χ2v) is 11.1. The molecule has 0 bridgehead atoms. The number of hydrogen-bond donors (Lipinski definition) is 3. The molecule has 194 valence electrons. The Kier molecular flexibility index (Phi) is 6.13. The number of aliphatic hydroxyl groups excluding tert-OH is 1. The first kappa shape index (κ1) is 24.5. The van der Waals surface area contributed by atoms with Crippen LogP contribution in [0.15, 0.2) is 99.3 Å². The summed E-state index contributed by atoms with van der Waals surface area (Å²) in [5.41, 5.74) is 1.83. The van der Waals surface area contributed by atoms with E-state index in [0.29, 0.717) is 27.7 Å². The third kappa shape index (κ3) is 4.87. The highest BCUT2D eigenvalue weighted by Gasteiger charge is 2.30. The van der Waals surface area contributed by atoms with E-state index in [4.69, 9.17) is 9.83 Å². The van der Waals surface area contributed by atoms with Crippen molar-refractivity contribution in [3.8, 4) is 11.3 Å². The molecule has 0 amide bonds. The van der Waals surface area contributed by atoms with Crippen molar-refractivity contribution in [1.82, 2.24) is 20.0 Å². The normalized spacial score (nSPS) is 14.2. The number of benzene rings is 2. The summed E-state index contributed by atoms with van der Waals surface area (Å²) in [7, 11) is -3.85. The van der Waals surface area contributed by atoms with E-state index in [9.17, 15) is 13.5 Å². The smallest absolute Gasteiger partial charge is 0.264 e. The number of thiazole rings is 1. The molecule has 1 aliphatic rings. The average molecular weight is 558 g/mol. The van der Waals surface area contributed by atoms with E-state index < -0.39 is 10.0 Å². The Hall–Kier alpha value is -4.88. The third-order valence-electron chi connectivity index (χ3n) is 5.78. The molecule has 0 saturated heterocycles. The number of para-hydroxylation sites is 1. The largest absolute Gasteiger partial charge is 0.509 e. The highest BCUT2D eigenvalue weighted by Crippen LogP contribution is 2.33. The molecular weight excluding hydrogens is 538 g/mol. The van der Waals surface area contributed by atoms with Gasteiger partial charge in [0.15, 0.2) is 5.84 Å². The van der Waals surface area contributed by atoms with Crippen LogP contribution in [0, 0.1) is 5.41 Å². The fourth-order valence-corrected chi connectivity index (χ4v) is 5.89. The minimum Gasteiger partial charge on any atom is -0.509 e. The lowest BCUT2D eigenvalue weighted by molar-refractivity contribution is 0.357. The van der Waals surface area contributed by atoms with Crippen LogP contribution in [0.2, 0.25) is 0 Å². The summed E-state index contributed by atoms with van der Waals surface area (Å²) in [5.74, 6) is 0.983. The number of nitrogens with zero attached hydrogens (tertiary/aromatic N) is 5. The lowest BCUT2D eigenvalue weighted by Gasteiger charge is -2.10. The van der Waals surface area contributed by atoms with Crippen molar-refractivity contribution >= 4 is 55.1 Å². The van der Waals surface area contributed by atoms with Crippen LogP contribution >= 0.6 is 11.3 Å². The van der Waals surface area contributed by atoms with Crippen LogP contribution in [-0.4, -0.2) is 52.1 Å². The van der Waals surface area contributed by atoms with Gasteiger partial charge in [-0.15, -0.1) is 11.3 Å². The summed E-state index contributed by atoms with van der Waals surface area (Å²) in [6.45, 7) is 0.0478. The average Bonchev–Trinajstić information content (AvgIpc) is 3.65. The standard InChI is InChI=1S/C26H19N7O4S2/c27-24-23(25-31-19-4-1-2-5-22(19)38-25)20(34)15-33(24)30-14-17-8-11-21(37-17)16-6-9-18(10-7-16)39(35,36)32-26-28-12-3-13-29-26/h1-14,27,34H,15H2,(H,28,29,32)/b27-24?,30-14-. The van der Waals surface area contributed by atoms with Crippen LogP contribution in [0.3, 0.4) is 0 Å². The van der Waals surface area contributed by atoms with Crippen molar-refractivity contribution in [2.75, 3.05) is 11.3 Å². The van der Waals surface area contributed by atoms with E-state index in [1.54, 1.807) is 30.3 Å². The second-order valence-electron chi connectivity index (χ2n) is 8.36. The zero-order valence-corrected chi connectivity index (χ0v) is 21.6. The minimum atomic E-state index is -3.85. The minimum absolute atomic E-state index is 0.0154. The van der Waals surface area contributed by atoms with Crippen LogP contribution in [0.25, 0.3) is 27.1 Å². The van der Waals surface area contributed by atoms with E-state index in [-0.39, 0.29) is 29.0 Å². The summed E-state index contributed by atoms with van der Waals surface area (Å²) < 4.78 is 34.3. The predicted octanol–water partition coefficient (Wildman–Crippen LogP) is 4.74. The second kappa shape index (κ2) is 9.78. The van der Waals surface area contributed by atoms with Gasteiger partial charge in [0.25, 0.3) is 10.0 Å². The van der Waals surface area contributed by atoms with Crippen LogP contribution in [0.5, 0.6) is 0 Å². The van der Waals surface area contributed by atoms with Gasteiger partial charge < -0.3 is 9.52 Å². The van der Waals surface area contributed by atoms with E-state index in [1.807, 2.05) is 24.3 Å². The molecule has 0 unspecified atom stereocenters. The number of nitrogens with one attached hydrogen (secondary N) is 2. The Morgan fingerprint density at radius 3 is 2.59 bits per heavy atom. The molecule has 0 saturated carbocycles. The van der Waals surface area contributed by atoms with E-state index >= 15 is 0 Å². The van der Waals surface area contributed by atoms with Crippen LogP contribution < -0.4 is 4.72 Å². The Bertz CT molecular complexity index is 1830. The van der Waals surface area contributed by atoms with Gasteiger partial charge in [-0.2, -0.15) is 5.10 Å². The molecule has 0 aliphatic carbocycles. The first-order valence-corrected chi connectivity index (χ1v) is 13.9. The molecule has 3 aromatic heterocycles. The zero-order valence-electron chi connectivity index (χ0n) is 20.0. The molecule has 3 N–H and O–H groups in total. The van der Waals surface area contributed by atoms with Gasteiger partial charge in [0.2, 0.25) is 5.95 Å². The Labute approximate surface area is 226 Å². The van der Waals surface area contributed by atoms with Crippen molar-refractivity contribution in [2.24, 2.45) is 5.10 Å². The fraction of sp³-hybridized carbons (Fsp3) is 0.0385. The summed E-state index contributed by atoms with van der Waals surface area (Å²) in [5, 5.41) is 25.3. The SMILES string of the molecule is N=C1C(c2nc3ccccc3s2)=C(O)CN1/N=C\c1ccc(-c2ccc(S(=O)(=O)Nc3ncccn3)cc2)o1. The third-order valence-corrected chi connectivity index (χ3v) is 8.18. The van der Waals surface area contributed by atoms with Gasteiger partial charge in [0.1, 0.15) is 28.8 Å². The number of sulfonamides is 1. The monoisotopic (exact) mass is 557 g/mol. The van der Waals surface area contributed by atoms with E-state index in [1.165, 1.54) is 47.1 Å².